The van der Waals surface area contributed by atoms with E-state index in [2.05, 4.69) is 10.4 Å². The molecule has 3 aliphatic rings. The number of fused-ring (bicyclic) bond motifs is 1. The highest BCUT2D eigenvalue weighted by molar-refractivity contribution is 5.79. The summed E-state index contributed by atoms with van der Waals surface area (Å²) in [4.78, 5) is 28.6. The van der Waals surface area contributed by atoms with Crippen molar-refractivity contribution in [1.29, 1.82) is 0 Å². The molecule has 8 nitrogen and oxygen atoms in total. The summed E-state index contributed by atoms with van der Waals surface area (Å²) >= 11 is 0. The number of hydrogen-bond donors (Lipinski definition) is 1. The standard InChI is InChI=1S/C19H29N5O3/c1-27-17-6-3-7-23(13-17)19(26)20-11-15-10-16-12-22(8-9-24(16)21-15)18(25)14-4-2-5-14/h10,14,17H,2-9,11-13H2,1H3,(H,20,26)/t17-/m1/s1. The van der Waals surface area contributed by atoms with Crippen molar-refractivity contribution in [2.45, 2.75) is 57.8 Å². The minimum absolute atomic E-state index is 0.0653. The van der Waals surface area contributed by atoms with Crippen molar-refractivity contribution in [2.75, 3.05) is 26.7 Å². The molecule has 2 aliphatic heterocycles. The number of ether oxygens (including phenoxy) is 1. The van der Waals surface area contributed by atoms with Gasteiger partial charge in [0.05, 0.1) is 37.1 Å². The van der Waals surface area contributed by atoms with Gasteiger partial charge in [-0.25, -0.2) is 4.79 Å². The Morgan fingerprint density at radius 3 is 2.78 bits per heavy atom. The topological polar surface area (TPSA) is 79.7 Å². The first-order valence-electron chi connectivity index (χ1n) is 10.0. The summed E-state index contributed by atoms with van der Waals surface area (Å²) in [5.41, 5.74) is 1.90. The number of rotatable bonds is 4. The lowest BCUT2D eigenvalue weighted by molar-refractivity contribution is -0.139. The number of amides is 3. The molecular weight excluding hydrogens is 346 g/mol. The van der Waals surface area contributed by atoms with Gasteiger partial charge in [0.25, 0.3) is 0 Å². The van der Waals surface area contributed by atoms with Gasteiger partial charge in [-0.05, 0) is 31.7 Å². The second-order valence-electron chi connectivity index (χ2n) is 7.84. The molecule has 1 aromatic heterocycles. The Morgan fingerprint density at radius 1 is 1.19 bits per heavy atom. The molecule has 1 N–H and O–H groups in total. The number of aromatic nitrogens is 2. The highest BCUT2D eigenvalue weighted by atomic mass is 16.5. The third-order valence-electron chi connectivity index (χ3n) is 6.03. The van der Waals surface area contributed by atoms with Crippen LogP contribution in [-0.4, -0.2) is 64.4 Å². The van der Waals surface area contributed by atoms with E-state index in [0.717, 1.165) is 56.7 Å². The zero-order chi connectivity index (χ0) is 18.8. The highest BCUT2D eigenvalue weighted by Gasteiger charge is 2.31. The van der Waals surface area contributed by atoms with Crippen LogP contribution in [0.25, 0.3) is 0 Å². The first-order valence-corrected chi connectivity index (χ1v) is 10.0. The smallest absolute Gasteiger partial charge is 0.317 e. The van der Waals surface area contributed by atoms with Crippen LogP contribution in [0.4, 0.5) is 4.79 Å². The largest absolute Gasteiger partial charge is 0.380 e. The van der Waals surface area contributed by atoms with Crippen molar-refractivity contribution in [3.05, 3.63) is 17.5 Å². The first kappa shape index (κ1) is 18.3. The lowest BCUT2D eigenvalue weighted by atomic mass is 9.84. The third kappa shape index (κ3) is 3.95. The van der Waals surface area contributed by atoms with E-state index in [0.29, 0.717) is 25.5 Å². The van der Waals surface area contributed by atoms with Gasteiger partial charge in [0, 0.05) is 32.7 Å². The van der Waals surface area contributed by atoms with Crippen molar-refractivity contribution in [3.63, 3.8) is 0 Å². The van der Waals surface area contributed by atoms with E-state index in [1.54, 1.807) is 7.11 Å². The Hall–Kier alpha value is -2.09. The number of methoxy groups -OCH3 is 1. The number of carbonyl (C=O) groups is 2. The van der Waals surface area contributed by atoms with E-state index in [1.807, 2.05) is 20.5 Å². The van der Waals surface area contributed by atoms with E-state index in [9.17, 15) is 9.59 Å². The molecule has 0 aromatic carbocycles. The Bertz CT molecular complexity index is 700. The molecule has 1 atom stereocenters. The predicted octanol–water partition coefficient (Wildman–Crippen LogP) is 1.35. The van der Waals surface area contributed by atoms with E-state index >= 15 is 0 Å². The molecule has 0 spiro atoms. The van der Waals surface area contributed by atoms with Gasteiger partial charge in [0.1, 0.15) is 0 Å². The summed E-state index contributed by atoms with van der Waals surface area (Å²) in [7, 11) is 1.70. The third-order valence-corrected chi connectivity index (χ3v) is 6.03. The van der Waals surface area contributed by atoms with Crippen molar-refractivity contribution < 1.29 is 14.3 Å². The average Bonchev–Trinajstić information content (AvgIpc) is 3.06. The van der Waals surface area contributed by atoms with E-state index in [1.165, 1.54) is 6.42 Å². The number of nitrogens with zero attached hydrogens (tertiary/aromatic N) is 4. The van der Waals surface area contributed by atoms with Crippen LogP contribution in [0, 0.1) is 5.92 Å². The van der Waals surface area contributed by atoms with Gasteiger partial charge in [-0.2, -0.15) is 5.10 Å². The van der Waals surface area contributed by atoms with Gasteiger partial charge in [-0.1, -0.05) is 6.42 Å². The van der Waals surface area contributed by atoms with Crippen LogP contribution in [0.5, 0.6) is 0 Å². The number of nitrogens with one attached hydrogen (secondary N) is 1. The fourth-order valence-corrected chi connectivity index (χ4v) is 4.11. The molecule has 148 valence electrons. The molecule has 0 radical (unpaired) electrons. The zero-order valence-corrected chi connectivity index (χ0v) is 16.0. The summed E-state index contributed by atoms with van der Waals surface area (Å²) in [6.07, 6.45) is 5.34. The summed E-state index contributed by atoms with van der Waals surface area (Å²) in [5.74, 6) is 0.528. The normalized spacial score (nSPS) is 22.9. The molecule has 2 fully saturated rings. The van der Waals surface area contributed by atoms with Gasteiger partial charge < -0.3 is 19.9 Å². The molecule has 1 saturated heterocycles. The van der Waals surface area contributed by atoms with Gasteiger partial charge in [0.2, 0.25) is 5.91 Å². The quantitative estimate of drug-likeness (QED) is 0.861. The minimum atomic E-state index is -0.0653. The van der Waals surface area contributed by atoms with Crippen molar-refractivity contribution in [3.8, 4) is 0 Å². The van der Waals surface area contributed by atoms with Gasteiger partial charge in [-0.3, -0.25) is 9.48 Å². The lowest BCUT2D eigenvalue weighted by Gasteiger charge is -2.34. The Morgan fingerprint density at radius 2 is 2.04 bits per heavy atom. The van der Waals surface area contributed by atoms with E-state index < -0.39 is 0 Å². The summed E-state index contributed by atoms with van der Waals surface area (Å²) in [5, 5.41) is 7.56. The number of piperidine rings is 1. The summed E-state index contributed by atoms with van der Waals surface area (Å²) < 4.78 is 7.34. The monoisotopic (exact) mass is 375 g/mol. The first-order chi connectivity index (χ1) is 13.1. The minimum Gasteiger partial charge on any atom is -0.380 e. The van der Waals surface area contributed by atoms with Crippen LogP contribution >= 0.6 is 0 Å². The van der Waals surface area contributed by atoms with Crippen molar-refractivity contribution >= 4 is 11.9 Å². The molecule has 27 heavy (non-hydrogen) atoms. The molecule has 8 heteroatoms. The second-order valence-corrected chi connectivity index (χ2v) is 7.84. The lowest BCUT2D eigenvalue weighted by Crippen LogP contribution is -2.47. The van der Waals surface area contributed by atoms with Crippen LogP contribution in [0.15, 0.2) is 6.07 Å². The molecular formula is C19H29N5O3. The summed E-state index contributed by atoms with van der Waals surface area (Å²) in [6, 6.07) is 1.94. The number of urea groups is 1. The summed E-state index contributed by atoms with van der Waals surface area (Å²) in [6.45, 7) is 3.89. The van der Waals surface area contributed by atoms with Crippen LogP contribution < -0.4 is 5.32 Å². The maximum Gasteiger partial charge on any atom is 0.317 e. The maximum atomic E-state index is 12.5. The van der Waals surface area contributed by atoms with E-state index in [4.69, 9.17) is 4.74 Å². The average molecular weight is 375 g/mol. The van der Waals surface area contributed by atoms with E-state index in [-0.39, 0.29) is 18.1 Å². The number of hydrogen-bond acceptors (Lipinski definition) is 4. The Labute approximate surface area is 159 Å². The number of likely N-dealkylation sites (tertiary alicyclic amines) is 1. The fourth-order valence-electron chi connectivity index (χ4n) is 4.11. The Kier molecular flexibility index (Phi) is 5.33. The van der Waals surface area contributed by atoms with Crippen molar-refractivity contribution in [1.82, 2.24) is 24.9 Å². The molecule has 0 bridgehead atoms. The SMILES string of the molecule is CO[C@@H]1CCCN(C(=O)NCc2cc3n(n2)CCN(C(=O)C2CCC2)C3)C1. The van der Waals surface area contributed by atoms with Crippen LogP contribution in [-0.2, 0) is 29.2 Å². The fraction of sp³-hybridized carbons (Fsp3) is 0.737. The molecule has 4 rings (SSSR count). The molecule has 3 heterocycles. The Balaban J connectivity index is 1.30. The highest BCUT2D eigenvalue weighted by Crippen LogP contribution is 2.29. The zero-order valence-electron chi connectivity index (χ0n) is 16.0. The maximum absolute atomic E-state index is 12.5. The van der Waals surface area contributed by atoms with Gasteiger partial charge in [-0.15, -0.1) is 0 Å². The molecule has 3 amide bonds. The number of carbonyl (C=O) groups excluding carboxylic acids is 2. The van der Waals surface area contributed by atoms with Crippen LogP contribution in [0.3, 0.4) is 0 Å². The molecule has 1 saturated carbocycles. The second kappa shape index (κ2) is 7.88. The van der Waals surface area contributed by atoms with Crippen LogP contribution in [0.1, 0.15) is 43.5 Å². The molecule has 0 unspecified atom stereocenters. The van der Waals surface area contributed by atoms with Gasteiger partial charge in [0.15, 0.2) is 0 Å². The molecule has 1 aliphatic carbocycles. The molecule has 1 aromatic rings. The van der Waals surface area contributed by atoms with Gasteiger partial charge >= 0.3 is 6.03 Å². The van der Waals surface area contributed by atoms with Crippen LogP contribution in [0.2, 0.25) is 0 Å². The van der Waals surface area contributed by atoms with Crippen molar-refractivity contribution in [2.24, 2.45) is 5.92 Å². The predicted molar refractivity (Wildman–Crippen MR) is 98.8 cm³/mol.